The van der Waals surface area contributed by atoms with Crippen LogP contribution >= 0.6 is 15.9 Å². The van der Waals surface area contributed by atoms with Crippen molar-refractivity contribution in [2.24, 2.45) is 0 Å². The first kappa shape index (κ1) is 9.55. The first-order valence-corrected chi connectivity index (χ1v) is 3.65. The molecule has 0 atom stereocenters. The highest BCUT2D eigenvalue weighted by molar-refractivity contribution is 9.10. The molecule has 1 aromatic heterocycles. The SMILES string of the molecule is CC(C)(C)Br.c1nnn[nH]1. The maximum Gasteiger partial charge on any atom is 0.135 e. The van der Waals surface area contributed by atoms with E-state index in [9.17, 15) is 0 Å². The van der Waals surface area contributed by atoms with Gasteiger partial charge in [-0.3, -0.25) is 0 Å². The van der Waals surface area contributed by atoms with Crippen molar-refractivity contribution < 1.29 is 0 Å². The van der Waals surface area contributed by atoms with Crippen molar-refractivity contribution in [2.75, 3.05) is 0 Å². The molecule has 0 aromatic carbocycles. The number of hydrogen-bond acceptors (Lipinski definition) is 3. The minimum absolute atomic E-state index is 0.312. The number of aromatic amines is 1. The van der Waals surface area contributed by atoms with Gasteiger partial charge in [-0.15, -0.1) is 5.10 Å². The molecule has 0 saturated carbocycles. The van der Waals surface area contributed by atoms with E-state index < -0.39 is 0 Å². The lowest BCUT2D eigenvalue weighted by molar-refractivity contribution is 0.824. The third-order valence-corrected chi connectivity index (χ3v) is 0.270. The van der Waals surface area contributed by atoms with Gasteiger partial charge >= 0.3 is 0 Å². The molecule has 0 fully saturated rings. The summed E-state index contributed by atoms with van der Waals surface area (Å²) >= 11 is 3.38. The molecule has 58 valence electrons. The van der Waals surface area contributed by atoms with Crippen LogP contribution in [0, 0.1) is 0 Å². The number of alkyl halides is 1. The van der Waals surface area contributed by atoms with Crippen LogP contribution in [0.1, 0.15) is 20.8 Å². The summed E-state index contributed by atoms with van der Waals surface area (Å²) in [6.07, 6.45) is 1.40. The highest BCUT2D eigenvalue weighted by Crippen LogP contribution is 2.11. The molecule has 0 aliphatic rings. The summed E-state index contributed by atoms with van der Waals surface area (Å²) in [5.74, 6) is 0. The fraction of sp³-hybridized carbons (Fsp3) is 0.800. The summed E-state index contributed by atoms with van der Waals surface area (Å²) < 4.78 is 0.312. The molecule has 5 heteroatoms. The number of H-pyrrole nitrogens is 1. The number of halogens is 1. The van der Waals surface area contributed by atoms with Gasteiger partial charge in [0, 0.05) is 4.32 Å². The number of hydrogen-bond donors (Lipinski definition) is 1. The molecular formula is C5H11BrN4. The fourth-order valence-corrected chi connectivity index (χ4v) is 0.129. The van der Waals surface area contributed by atoms with E-state index >= 15 is 0 Å². The van der Waals surface area contributed by atoms with Gasteiger partial charge in [-0.05, 0) is 10.4 Å². The van der Waals surface area contributed by atoms with Gasteiger partial charge in [0.1, 0.15) is 6.33 Å². The molecule has 4 nitrogen and oxygen atoms in total. The zero-order valence-electron chi connectivity index (χ0n) is 6.30. The quantitative estimate of drug-likeness (QED) is 0.654. The average Bonchev–Trinajstić information content (AvgIpc) is 2.07. The fourth-order valence-electron chi connectivity index (χ4n) is 0.129. The molecule has 1 heterocycles. The Bertz CT molecular complexity index is 120. The van der Waals surface area contributed by atoms with Gasteiger partial charge in [0.2, 0.25) is 0 Å². The van der Waals surface area contributed by atoms with Crippen LogP contribution in [0.5, 0.6) is 0 Å². The summed E-state index contributed by atoms with van der Waals surface area (Å²) in [6.45, 7) is 6.31. The Morgan fingerprint density at radius 3 is 2.00 bits per heavy atom. The van der Waals surface area contributed by atoms with E-state index in [-0.39, 0.29) is 0 Å². The van der Waals surface area contributed by atoms with Crippen molar-refractivity contribution in [1.82, 2.24) is 20.6 Å². The van der Waals surface area contributed by atoms with E-state index in [4.69, 9.17) is 0 Å². The van der Waals surface area contributed by atoms with Crippen LogP contribution in [0.15, 0.2) is 6.33 Å². The first-order valence-electron chi connectivity index (χ1n) is 2.86. The van der Waals surface area contributed by atoms with Crippen molar-refractivity contribution >= 4 is 15.9 Å². The first-order chi connectivity index (χ1) is 4.50. The lowest BCUT2D eigenvalue weighted by atomic mass is 10.3. The van der Waals surface area contributed by atoms with Crippen LogP contribution < -0.4 is 0 Å². The number of aromatic nitrogens is 4. The third kappa shape index (κ3) is 15.6. The van der Waals surface area contributed by atoms with Crippen molar-refractivity contribution in [3.05, 3.63) is 6.33 Å². The van der Waals surface area contributed by atoms with E-state index in [0.29, 0.717) is 4.32 Å². The molecule has 0 unspecified atom stereocenters. The van der Waals surface area contributed by atoms with Gasteiger partial charge in [0.05, 0.1) is 0 Å². The van der Waals surface area contributed by atoms with Gasteiger partial charge in [-0.2, -0.15) is 0 Å². The van der Waals surface area contributed by atoms with Crippen molar-refractivity contribution in [3.8, 4) is 0 Å². The second-order valence-electron chi connectivity index (χ2n) is 2.63. The highest BCUT2D eigenvalue weighted by atomic mass is 79.9. The number of nitrogens with zero attached hydrogens (tertiary/aromatic N) is 3. The molecule has 0 amide bonds. The maximum atomic E-state index is 3.38. The van der Waals surface area contributed by atoms with Crippen LogP contribution in [-0.4, -0.2) is 24.9 Å². The zero-order valence-corrected chi connectivity index (χ0v) is 7.88. The van der Waals surface area contributed by atoms with Gasteiger partial charge in [0.25, 0.3) is 0 Å². The minimum atomic E-state index is 0.312. The van der Waals surface area contributed by atoms with Gasteiger partial charge in [-0.25, -0.2) is 5.10 Å². The monoisotopic (exact) mass is 206 g/mol. The summed E-state index contributed by atoms with van der Waals surface area (Å²) in [5, 5.41) is 12.1. The van der Waals surface area contributed by atoms with Crippen molar-refractivity contribution in [3.63, 3.8) is 0 Å². The highest BCUT2D eigenvalue weighted by Gasteiger charge is 1.98. The Morgan fingerprint density at radius 1 is 1.40 bits per heavy atom. The zero-order chi connectivity index (χ0) is 8.04. The minimum Gasteiger partial charge on any atom is -0.246 e. The predicted octanol–water partition coefficient (Wildman–Crippen LogP) is 1.38. The molecular weight excluding hydrogens is 196 g/mol. The summed E-state index contributed by atoms with van der Waals surface area (Å²) in [7, 11) is 0. The van der Waals surface area contributed by atoms with Crippen LogP contribution in [0.3, 0.4) is 0 Å². The van der Waals surface area contributed by atoms with E-state index in [1.165, 1.54) is 6.33 Å². The molecule has 0 saturated heterocycles. The number of tetrazole rings is 1. The average molecular weight is 207 g/mol. The van der Waals surface area contributed by atoms with Crippen molar-refractivity contribution in [1.29, 1.82) is 0 Å². The summed E-state index contributed by atoms with van der Waals surface area (Å²) in [6, 6.07) is 0. The van der Waals surface area contributed by atoms with Gasteiger partial charge in [0.15, 0.2) is 0 Å². The molecule has 1 aromatic rings. The van der Waals surface area contributed by atoms with Crippen LogP contribution in [-0.2, 0) is 0 Å². The van der Waals surface area contributed by atoms with Gasteiger partial charge in [-0.1, -0.05) is 36.7 Å². The Kier molecular flexibility index (Phi) is 4.18. The summed E-state index contributed by atoms with van der Waals surface area (Å²) in [5.41, 5.74) is 0. The number of nitrogens with one attached hydrogen (secondary N) is 1. The van der Waals surface area contributed by atoms with Crippen molar-refractivity contribution in [2.45, 2.75) is 25.1 Å². The lowest BCUT2D eigenvalue weighted by Crippen LogP contribution is -1.97. The molecule has 0 bridgehead atoms. The van der Waals surface area contributed by atoms with Crippen LogP contribution in [0.4, 0.5) is 0 Å². The molecule has 0 aliphatic heterocycles. The second-order valence-corrected chi connectivity index (χ2v) is 5.01. The molecule has 10 heavy (non-hydrogen) atoms. The van der Waals surface area contributed by atoms with Crippen LogP contribution in [0.25, 0.3) is 0 Å². The number of rotatable bonds is 0. The third-order valence-electron chi connectivity index (χ3n) is 0.270. The van der Waals surface area contributed by atoms with E-state index in [1.807, 2.05) is 0 Å². The predicted molar refractivity (Wildman–Crippen MR) is 42.9 cm³/mol. The molecule has 0 aliphatic carbocycles. The van der Waals surface area contributed by atoms with E-state index in [1.54, 1.807) is 0 Å². The largest absolute Gasteiger partial charge is 0.246 e. The Labute approximate surface area is 68.5 Å². The van der Waals surface area contributed by atoms with Crippen LogP contribution in [0.2, 0.25) is 0 Å². The van der Waals surface area contributed by atoms with E-state index in [0.717, 1.165) is 0 Å². The Hall–Kier alpha value is -0.450. The topological polar surface area (TPSA) is 54.5 Å². The molecule has 0 spiro atoms. The Balaban J connectivity index is 0.000000162. The molecule has 1 rings (SSSR count). The second kappa shape index (κ2) is 4.38. The molecule has 0 radical (unpaired) electrons. The smallest absolute Gasteiger partial charge is 0.135 e. The van der Waals surface area contributed by atoms with E-state index in [2.05, 4.69) is 57.3 Å². The normalized spacial score (nSPS) is 10.0. The maximum absolute atomic E-state index is 3.38. The Morgan fingerprint density at radius 2 is 1.90 bits per heavy atom. The molecule has 1 N–H and O–H groups in total. The van der Waals surface area contributed by atoms with Gasteiger partial charge < -0.3 is 0 Å². The lowest BCUT2D eigenvalue weighted by Gasteiger charge is -2.02. The standard InChI is InChI=1S/C4H9Br.CH2N4/c1-4(2,3)5;1-2-4-5-3-1/h1-3H3;1H,(H,2,3,4,5). The summed E-state index contributed by atoms with van der Waals surface area (Å²) in [4.78, 5) is 0.